The number of piperazine rings is 1. The number of likely N-dealkylation sites (N-methyl/N-ethyl adjacent to an activating group) is 1. The molecule has 1 atom stereocenters. The van der Waals surface area contributed by atoms with Crippen molar-refractivity contribution in [2.45, 2.75) is 31.8 Å². The largest absolute Gasteiger partial charge is 0.338 e. The van der Waals surface area contributed by atoms with E-state index in [9.17, 15) is 4.79 Å². The first-order chi connectivity index (χ1) is 13.7. The van der Waals surface area contributed by atoms with Crippen molar-refractivity contribution in [3.63, 3.8) is 0 Å². The lowest BCUT2D eigenvalue weighted by Gasteiger charge is -2.37. The number of hydrogen-bond acceptors (Lipinski definition) is 3. The van der Waals surface area contributed by atoms with Crippen LogP contribution in [-0.2, 0) is 17.8 Å². The zero-order valence-electron chi connectivity index (χ0n) is 16.9. The van der Waals surface area contributed by atoms with Crippen molar-refractivity contribution < 1.29 is 4.79 Å². The molecule has 2 aliphatic rings. The van der Waals surface area contributed by atoms with Crippen LogP contribution in [-0.4, -0.2) is 60.4 Å². The topological polar surface area (TPSA) is 26.8 Å². The molecular weight excluding hydrogens is 346 g/mol. The maximum Gasteiger partial charge on any atom is 0.237 e. The molecular formula is C24H31N3O. The van der Waals surface area contributed by atoms with Gasteiger partial charge in [-0.15, -0.1) is 0 Å². The summed E-state index contributed by atoms with van der Waals surface area (Å²) in [4.78, 5) is 19.8. The monoisotopic (exact) mass is 377 g/mol. The average Bonchev–Trinajstić information content (AvgIpc) is 2.75. The minimum Gasteiger partial charge on any atom is -0.338 e. The number of nitrogens with zero attached hydrogens (tertiary/aromatic N) is 3. The quantitative estimate of drug-likeness (QED) is 0.800. The second-order valence-corrected chi connectivity index (χ2v) is 8.15. The normalized spacial score (nSPS) is 20.5. The van der Waals surface area contributed by atoms with Gasteiger partial charge in [-0.05, 0) is 36.0 Å². The van der Waals surface area contributed by atoms with E-state index in [4.69, 9.17) is 0 Å². The van der Waals surface area contributed by atoms with Crippen LogP contribution >= 0.6 is 0 Å². The summed E-state index contributed by atoms with van der Waals surface area (Å²) in [6, 6.07) is 19.5. The Balaban J connectivity index is 1.29. The third-order valence-corrected chi connectivity index (χ3v) is 6.27. The van der Waals surface area contributed by atoms with Gasteiger partial charge in [0, 0.05) is 39.8 Å². The zero-order valence-corrected chi connectivity index (χ0v) is 16.9. The first-order valence-electron chi connectivity index (χ1n) is 10.5. The Labute approximate surface area is 168 Å². The van der Waals surface area contributed by atoms with E-state index in [0.29, 0.717) is 6.54 Å². The van der Waals surface area contributed by atoms with E-state index >= 15 is 0 Å². The molecule has 148 valence electrons. The molecule has 1 unspecified atom stereocenters. The molecule has 1 saturated heterocycles. The van der Waals surface area contributed by atoms with Gasteiger partial charge in [-0.1, -0.05) is 54.6 Å². The SMILES string of the molecule is CN(C(=O)CN1CCN(Cc2ccccc2)CC1)C1CCCc2ccccc21. The van der Waals surface area contributed by atoms with Crippen LogP contribution in [0.25, 0.3) is 0 Å². The van der Waals surface area contributed by atoms with Crippen molar-refractivity contribution in [2.24, 2.45) is 0 Å². The van der Waals surface area contributed by atoms with Gasteiger partial charge in [0.2, 0.25) is 5.91 Å². The van der Waals surface area contributed by atoms with Crippen LogP contribution < -0.4 is 0 Å². The molecule has 0 spiro atoms. The lowest BCUT2D eigenvalue weighted by molar-refractivity contribution is -0.134. The fourth-order valence-corrected chi connectivity index (χ4v) is 4.55. The van der Waals surface area contributed by atoms with Crippen LogP contribution in [0, 0.1) is 0 Å². The van der Waals surface area contributed by atoms with Crippen molar-refractivity contribution in [3.05, 3.63) is 71.3 Å². The number of carbonyl (C=O) groups is 1. The smallest absolute Gasteiger partial charge is 0.237 e. The highest BCUT2D eigenvalue weighted by molar-refractivity contribution is 5.78. The van der Waals surface area contributed by atoms with Gasteiger partial charge in [0.05, 0.1) is 12.6 Å². The van der Waals surface area contributed by atoms with E-state index in [0.717, 1.165) is 52.0 Å². The molecule has 1 aliphatic carbocycles. The summed E-state index contributed by atoms with van der Waals surface area (Å²) in [7, 11) is 1.99. The predicted molar refractivity (Wildman–Crippen MR) is 113 cm³/mol. The number of benzene rings is 2. The highest BCUT2D eigenvalue weighted by Gasteiger charge is 2.28. The number of carbonyl (C=O) groups excluding carboxylic acids is 1. The fourth-order valence-electron chi connectivity index (χ4n) is 4.55. The van der Waals surface area contributed by atoms with Gasteiger partial charge in [-0.25, -0.2) is 0 Å². The van der Waals surface area contributed by atoms with Crippen molar-refractivity contribution in [3.8, 4) is 0 Å². The highest BCUT2D eigenvalue weighted by atomic mass is 16.2. The van der Waals surface area contributed by atoms with Gasteiger partial charge in [0.1, 0.15) is 0 Å². The lowest BCUT2D eigenvalue weighted by Crippen LogP contribution is -2.49. The number of rotatable bonds is 5. The molecule has 1 fully saturated rings. The van der Waals surface area contributed by atoms with E-state index in [1.807, 2.05) is 11.9 Å². The maximum atomic E-state index is 13.0. The molecule has 28 heavy (non-hydrogen) atoms. The first-order valence-corrected chi connectivity index (χ1v) is 10.5. The average molecular weight is 378 g/mol. The minimum atomic E-state index is 0.233. The first kappa shape index (κ1) is 19.2. The minimum absolute atomic E-state index is 0.233. The highest BCUT2D eigenvalue weighted by Crippen LogP contribution is 2.33. The Bertz CT molecular complexity index is 783. The van der Waals surface area contributed by atoms with Crippen LogP contribution in [0.3, 0.4) is 0 Å². The summed E-state index contributed by atoms with van der Waals surface area (Å²) in [5.74, 6) is 0.248. The van der Waals surface area contributed by atoms with Gasteiger partial charge < -0.3 is 4.90 Å². The second-order valence-electron chi connectivity index (χ2n) is 8.15. The summed E-state index contributed by atoms with van der Waals surface area (Å²) in [6.07, 6.45) is 3.37. The van der Waals surface area contributed by atoms with Gasteiger partial charge in [0.15, 0.2) is 0 Å². The maximum absolute atomic E-state index is 13.0. The van der Waals surface area contributed by atoms with E-state index < -0.39 is 0 Å². The Kier molecular flexibility index (Phi) is 6.08. The van der Waals surface area contributed by atoms with Gasteiger partial charge in [-0.3, -0.25) is 14.6 Å². The molecule has 0 aromatic heterocycles. The lowest BCUT2D eigenvalue weighted by atomic mass is 9.87. The second kappa shape index (κ2) is 8.89. The van der Waals surface area contributed by atoms with Crippen molar-refractivity contribution in [2.75, 3.05) is 39.8 Å². The van der Waals surface area contributed by atoms with Gasteiger partial charge >= 0.3 is 0 Å². The van der Waals surface area contributed by atoms with Crippen LogP contribution in [0.4, 0.5) is 0 Å². The van der Waals surface area contributed by atoms with Crippen LogP contribution in [0.1, 0.15) is 35.6 Å². The number of aryl methyl sites for hydroxylation is 1. The van der Waals surface area contributed by atoms with Crippen LogP contribution in [0.15, 0.2) is 54.6 Å². The summed E-state index contributed by atoms with van der Waals surface area (Å²) in [5, 5.41) is 0. The molecule has 4 heteroatoms. The molecule has 0 radical (unpaired) electrons. The van der Waals surface area contributed by atoms with Crippen molar-refractivity contribution in [1.82, 2.24) is 14.7 Å². The number of amides is 1. The molecule has 2 aromatic rings. The molecule has 4 rings (SSSR count). The van der Waals surface area contributed by atoms with Crippen LogP contribution in [0.2, 0.25) is 0 Å². The molecule has 1 heterocycles. The Morgan fingerprint density at radius 1 is 0.964 bits per heavy atom. The molecule has 1 aliphatic heterocycles. The molecule has 0 N–H and O–H groups in total. The Morgan fingerprint density at radius 3 is 2.43 bits per heavy atom. The van der Waals surface area contributed by atoms with Crippen molar-refractivity contribution >= 4 is 5.91 Å². The summed E-state index contributed by atoms with van der Waals surface area (Å²) < 4.78 is 0. The predicted octanol–water partition coefficient (Wildman–Crippen LogP) is 3.34. The third-order valence-electron chi connectivity index (χ3n) is 6.27. The van der Waals surface area contributed by atoms with Crippen molar-refractivity contribution in [1.29, 1.82) is 0 Å². The standard InChI is InChI=1S/C24H31N3O/c1-25(23-13-7-11-21-10-5-6-12-22(21)23)24(28)19-27-16-14-26(15-17-27)18-20-8-3-2-4-9-20/h2-6,8-10,12,23H,7,11,13-19H2,1H3. The zero-order chi connectivity index (χ0) is 19.3. The molecule has 2 aromatic carbocycles. The number of hydrogen-bond donors (Lipinski definition) is 0. The van der Waals surface area contributed by atoms with Crippen LogP contribution in [0.5, 0.6) is 0 Å². The third kappa shape index (κ3) is 4.45. The Hall–Kier alpha value is -2.17. The molecule has 1 amide bonds. The molecule has 4 nitrogen and oxygen atoms in total. The molecule has 0 saturated carbocycles. The van der Waals surface area contributed by atoms with E-state index in [1.54, 1.807) is 0 Å². The summed E-state index contributed by atoms with van der Waals surface area (Å²) in [6.45, 7) is 5.52. The van der Waals surface area contributed by atoms with Gasteiger partial charge in [-0.2, -0.15) is 0 Å². The molecule has 0 bridgehead atoms. The van der Waals surface area contributed by atoms with E-state index in [1.165, 1.54) is 16.7 Å². The number of fused-ring (bicyclic) bond motifs is 1. The van der Waals surface area contributed by atoms with E-state index in [2.05, 4.69) is 64.4 Å². The van der Waals surface area contributed by atoms with E-state index in [-0.39, 0.29) is 11.9 Å². The van der Waals surface area contributed by atoms with Gasteiger partial charge in [0.25, 0.3) is 0 Å². The summed E-state index contributed by atoms with van der Waals surface area (Å²) >= 11 is 0. The summed E-state index contributed by atoms with van der Waals surface area (Å²) in [5.41, 5.74) is 4.12. The Morgan fingerprint density at radius 2 is 1.64 bits per heavy atom. The fraction of sp³-hybridized carbons (Fsp3) is 0.458.